The van der Waals surface area contributed by atoms with E-state index < -0.39 is 10.3 Å². The van der Waals surface area contributed by atoms with Crippen LogP contribution in [-0.2, 0) is 4.79 Å². The largest absolute Gasteiger partial charge is 0.320 e. The second-order valence-electron chi connectivity index (χ2n) is 5.21. The minimum absolute atomic E-state index is 0.111. The van der Waals surface area contributed by atoms with E-state index in [1.807, 2.05) is 6.92 Å². The van der Waals surface area contributed by atoms with E-state index in [2.05, 4.69) is 26.6 Å². The molecule has 1 fully saturated rings. The molecule has 0 radical (unpaired) electrons. The summed E-state index contributed by atoms with van der Waals surface area (Å²) in [5.41, 5.74) is -0.408. The van der Waals surface area contributed by atoms with Gasteiger partial charge >= 0.3 is 0 Å². The maximum atomic E-state index is 12.4. The van der Waals surface area contributed by atoms with Crippen molar-refractivity contribution < 1.29 is 9.72 Å². The van der Waals surface area contributed by atoms with Crippen LogP contribution >= 0.6 is 15.9 Å². The third-order valence-electron chi connectivity index (χ3n) is 3.55. The van der Waals surface area contributed by atoms with Gasteiger partial charge in [-0.2, -0.15) is 0 Å². The zero-order chi connectivity index (χ0) is 14.8. The van der Waals surface area contributed by atoms with Gasteiger partial charge in [-0.15, -0.1) is 0 Å². The van der Waals surface area contributed by atoms with Crippen LogP contribution in [0, 0.1) is 15.5 Å². The Kier molecular flexibility index (Phi) is 4.39. The second kappa shape index (κ2) is 5.88. The van der Waals surface area contributed by atoms with Crippen LogP contribution in [0.1, 0.15) is 19.8 Å². The molecule has 0 spiro atoms. The van der Waals surface area contributed by atoms with Crippen LogP contribution in [0.15, 0.2) is 22.7 Å². The predicted molar refractivity (Wildman–Crippen MR) is 79.6 cm³/mol. The van der Waals surface area contributed by atoms with E-state index in [9.17, 15) is 14.9 Å². The number of benzene rings is 1. The first-order valence-corrected chi connectivity index (χ1v) is 7.18. The average molecular weight is 342 g/mol. The molecule has 2 rings (SSSR count). The van der Waals surface area contributed by atoms with Crippen LogP contribution in [0.4, 0.5) is 11.4 Å². The van der Waals surface area contributed by atoms with Crippen LogP contribution in [0.25, 0.3) is 0 Å². The summed E-state index contributed by atoms with van der Waals surface area (Å²) < 4.78 is 0.604. The Morgan fingerprint density at radius 3 is 2.90 bits per heavy atom. The van der Waals surface area contributed by atoms with E-state index in [1.54, 1.807) is 12.1 Å². The molecule has 0 bridgehead atoms. The lowest BCUT2D eigenvalue weighted by atomic mass is 9.82. The lowest BCUT2D eigenvalue weighted by Gasteiger charge is -2.32. The number of hydrogen-bond donors (Lipinski definition) is 2. The van der Waals surface area contributed by atoms with Crippen molar-refractivity contribution in [1.29, 1.82) is 0 Å². The molecule has 1 amide bonds. The number of amides is 1. The fraction of sp³-hybridized carbons (Fsp3) is 0.462. The number of nitro groups is 1. The van der Waals surface area contributed by atoms with Crippen molar-refractivity contribution in [2.75, 3.05) is 18.4 Å². The number of piperidine rings is 1. The van der Waals surface area contributed by atoms with E-state index in [-0.39, 0.29) is 17.3 Å². The van der Waals surface area contributed by atoms with Gasteiger partial charge in [0, 0.05) is 17.1 Å². The Morgan fingerprint density at radius 1 is 1.55 bits per heavy atom. The van der Waals surface area contributed by atoms with Gasteiger partial charge in [-0.25, -0.2) is 0 Å². The molecule has 7 heteroatoms. The molecule has 1 aliphatic rings. The van der Waals surface area contributed by atoms with Crippen LogP contribution < -0.4 is 10.6 Å². The summed E-state index contributed by atoms with van der Waals surface area (Å²) >= 11 is 3.19. The first-order chi connectivity index (χ1) is 9.42. The zero-order valence-electron chi connectivity index (χ0n) is 11.1. The summed E-state index contributed by atoms with van der Waals surface area (Å²) in [6, 6.07) is 4.60. The first-order valence-electron chi connectivity index (χ1n) is 6.38. The molecule has 1 aliphatic heterocycles. The number of carbonyl (C=O) groups excluding carboxylic acids is 1. The van der Waals surface area contributed by atoms with Crippen molar-refractivity contribution in [3.63, 3.8) is 0 Å². The monoisotopic (exact) mass is 341 g/mol. The number of carbonyl (C=O) groups is 1. The summed E-state index contributed by atoms with van der Waals surface area (Å²) in [4.78, 5) is 22.9. The van der Waals surface area contributed by atoms with Crippen molar-refractivity contribution in [2.45, 2.75) is 19.8 Å². The maximum Gasteiger partial charge on any atom is 0.293 e. The molecule has 0 aliphatic carbocycles. The Morgan fingerprint density at radius 2 is 2.30 bits per heavy atom. The molecular formula is C13H16BrN3O3. The lowest BCUT2D eigenvalue weighted by Crippen LogP contribution is -2.46. The van der Waals surface area contributed by atoms with Gasteiger partial charge in [0.25, 0.3) is 5.69 Å². The van der Waals surface area contributed by atoms with Gasteiger partial charge in [0.15, 0.2) is 0 Å². The van der Waals surface area contributed by atoms with Crippen molar-refractivity contribution in [1.82, 2.24) is 5.32 Å². The van der Waals surface area contributed by atoms with E-state index in [0.717, 1.165) is 19.4 Å². The predicted octanol–water partition coefficient (Wildman–Crippen LogP) is 2.69. The maximum absolute atomic E-state index is 12.4. The first kappa shape index (κ1) is 14.9. The Hall–Kier alpha value is -1.47. The fourth-order valence-electron chi connectivity index (χ4n) is 2.28. The van der Waals surface area contributed by atoms with Gasteiger partial charge in [-0.3, -0.25) is 14.9 Å². The third kappa shape index (κ3) is 3.16. The van der Waals surface area contributed by atoms with Crippen molar-refractivity contribution >= 4 is 33.2 Å². The lowest BCUT2D eigenvalue weighted by molar-refractivity contribution is -0.384. The highest BCUT2D eigenvalue weighted by atomic mass is 79.9. The molecule has 108 valence electrons. The molecule has 1 aromatic carbocycles. The normalized spacial score (nSPS) is 22.3. The number of nitrogens with zero attached hydrogens (tertiary/aromatic N) is 1. The zero-order valence-corrected chi connectivity index (χ0v) is 12.7. The van der Waals surface area contributed by atoms with Gasteiger partial charge < -0.3 is 10.6 Å². The Bertz CT molecular complexity index is 542. The fourth-order valence-corrected chi connectivity index (χ4v) is 2.63. The summed E-state index contributed by atoms with van der Waals surface area (Å²) in [7, 11) is 0. The summed E-state index contributed by atoms with van der Waals surface area (Å²) in [5, 5.41) is 16.9. The highest BCUT2D eigenvalue weighted by Gasteiger charge is 2.35. The number of hydrogen-bond acceptors (Lipinski definition) is 4. The minimum Gasteiger partial charge on any atom is -0.320 e. The summed E-state index contributed by atoms with van der Waals surface area (Å²) in [6.45, 7) is 3.36. The number of nitro benzene ring substituents is 1. The van der Waals surface area contributed by atoms with Crippen LogP contribution in [0.2, 0.25) is 0 Å². The molecule has 2 N–H and O–H groups in total. The van der Waals surface area contributed by atoms with Crippen molar-refractivity contribution in [3.8, 4) is 0 Å². The summed E-state index contributed by atoms with van der Waals surface area (Å²) in [5.74, 6) is -0.185. The van der Waals surface area contributed by atoms with E-state index in [4.69, 9.17) is 0 Å². The van der Waals surface area contributed by atoms with Crippen molar-refractivity contribution in [3.05, 3.63) is 32.8 Å². The minimum atomic E-state index is -0.529. The quantitative estimate of drug-likeness (QED) is 0.653. The SMILES string of the molecule is CC1(C(=O)Nc2ccc(Br)cc2[N+](=O)[O-])CCCNC1. The highest BCUT2D eigenvalue weighted by Crippen LogP contribution is 2.31. The Labute approximate surface area is 125 Å². The van der Waals surface area contributed by atoms with Gasteiger partial charge in [0.1, 0.15) is 5.69 Å². The molecule has 6 nitrogen and oxygen atoms in total. The summed E-state index contributed by atoms with van der Waals surface area (Å²) in [6.07, 6.45) is 1.70. The number of rotatable bonds is 3. The molecule has 0 aromatic heterocycles. The molecule has 1 saturated heterocycles. The second-order valence-corrected chi connectivity index (χ2v) is 6.13. The topological polar surface area (TPSA) is 84.3 Å². The van der Waals surface area contributed by atoms with Crippen molar-refractivity contribution in [2.24, 2.45) is 5.41 Å². The third-order valence-corrected chi connectivity index (χ3v) is 4.04. The molecule has 20 heavy (non-hydrogen) atoms. The number of halogens is 1. The van der Waals surface area contributed by atoms with Crippen LogP contribution in [0.3, 0.4) is 0 Å². The standard InChI is InChI=1S/C13H16BrN3O3/c1-13(5-2-6-15-8-13)12(18)16-10-4-3-9(14)7-11(10)17(19)20/h3-4,7,15H,2,5-6,8H2,1H3,(H,16,18). The molecule has 1 heterocycles. The van der Waals surface area contributed by atoms with Gasteiger partial charge in [-0.1, -0.05) is 15.9 Å². The number of anilines is 1. The van der Waals surface area contributed by atoms with Gasteiger partial charge in [0.2, 0.25) is 5.91 Å². The smallest absolute Gasteiger partial charge is 0.293 e. The average Bonchev–Trinajstić information content (AvgIpc) is 2.41. The molecule has 1 aromatic rings. The van der Waals surface area contributed by atoms with Gasteiger partial charge in [0.05, 0.1) is 10.3 Å². The molecule has 1 atom stereocenters. The van der Waals surface area contributed by atoms with Crippen LogP contribution in [-0.4, -0.2) is 23.9 Å². The van der Waals surface area contributed by atoms with E-state index >= 15 is 0 Å². The van der Waals surface area contributed by atoms with E-state index in [0.29, 0.717) is 11.0 Å². The molecule has 0 saturated carbocycles. The molecular weight excluding hydrogens is 326 g/mol. The van der Waals surface area contributed by atoms with Gasteiger partial charge in [-0.05, 0) is 38.4 Å². The van der Waals surface area contributed by atoms with Crippen LogP contribution in [0.5, 0.6) is 0 Å². The molecule has 1 unspecified atom stereocenters. The van der Waals surface area contributed by atoms with E-state index in [1.165, 1.54) is 6.07 Å². The Balaban J connectivity index is 2.21. The highest BCUT2D eigenvalue weighted by molar-refractivity contribution is 9.10. The number of nitrogens with one attached hydrogen (secondary N) is 2.